The van der Waals surface area contributed by atoms with E-state index in [-0.39, 0.29) is 23.8 Å². The molecule has 110 valence electrons. The van der Waals surface area contributed by atoms with E-state index >= 15 is 0 Å². The standard InChI is InChI=1S/C16H24N2O2/c1-11(12-5-7-14(17)8-6-12)9-16(20)18-10-13-3-2-4-15(13)19/h5-8,11,13,15,19H,2-4,9-10,17H2,1H3,(H,18,20). The predicted molar refractivity (Wildman–Crippen MR) is 80.2 cm³/mol. The zero-order valence-electron chi connectivity index (χ0n) is 12.0. The van der Waals surface area contributed by atoms with Gasteiger partial charge in [-0.2, -0.15) is 0 Å². The number of benzene rings is 1. The predicted octanol–water partition coefficient (Wildman–Crippen LogP) is 2.04. The summed E-state index contributed by atoms with van der Waals surface area (Å²) >= 11 is 0. The van der Waals surface area contributed by atoms with E-state index in [9.17, 15) is 9.90 Å². The number of amides is 1. The lowest BCUT2D eigenvalue weighted by atomic mass is 9.97. The summed E-state index contributed by atoms with van der Waals surface area (Å²) < 4.78 is 0. The summed E-state index contributed by atoms with van der Waals surface area (Å²) in [5.41, 5.74) is 7.51. The molecule has 0 aromatic heterocycles. The smallest absolute Gasteiger partial charge is 0.220 e. The topological polar surface area (TPSA) is 75.3 Å². The van der Waals surface area contributed by atoms with Crippen molar-refractivity contribution in [2.24, 2.45) is 5.92 Å². The third-order valence-electron chi connectivity index (χ3n) is 4.18. The van der Waals surface area contributed by atoms with Crippen LogP contribution in [0.3, 0.4) is 0 Å². The number of anilines is 1. The summed E-state index contributed by atoms with van der Waals surface area (Å²) in [6.07, 6.45) is 3.15. The molecule has 3 unspecified atom stereocenters. The molecule has 1 aliphatic rings. The van der Waals surface area contributed by atoms with Gasteiger partial charge in [0.15, 0.2) is 0 Å². The second-order valence-corrected chi connectivity index (χ2v) is 5.83. The van der Waals surface area contributed by atoms with E-state index in [0.717, 1.165) is 30.5 Å². The number of rotatable bonds is 5. The van der Waals surface area contributed by atoms with Gasteiger partial charge in [-0.3, -0.25) is 4.79 Å². The lowest BCUT2D eigenvalue weighted by Crippen LogP contribution is -2.32. The van der Waals surface area contributed by atoms with Crippen molar-refractivity contribution in [3.8, 4) is 0 Å². The van der Waals surface area contributed by atoms with Gasteiger partial charge in [-0.15, -0.1) is 0 Å². The van der Waals surface area contributed by atoms with Crippen LogP contribution in [0.25, 0.3) is 0 Å². The van der Waals surface area contributed by atoms with Crippen LogP contribution in [0, 0.1) is 5.92 Å². The van der Waals surface area contributed by atoms with Gasteiger partial charge in [-0.25, -0.2) is 0 Å². The minimum absolute atomic E-state index is 0.0495. The van der Waals surface area contributed by atoms with Crippen LogP contribution in [-0.2, 0) is 4.79 Å². The van der Waals surface area contributed by atoms with Gasteiger partial charge in [0.2, 0.25) is 5.91 Å². The molecule has 2 rings (SSSR count). The van der Waals surface area contributed by atoms with Crippen molar-refractivity contribution in [3.63, 3.8) is 0 Å². The van der Waals surface area contributed by atoms with E-state index in [1.807, 2.05) is 31.2 Å². The molecular weight excluding hydrogens is 252 g/mol. The van der Waals surface area contributed by atoms with Crippen LogP contribution in [0.5, 0.6) is 0 Å². The third-order valence-corrected chi connectivity index (χ3v) is 4.18. The number of aliphatic hydroxyl groups excluding tert-OH is 1. The van der Waals surface area contributed by atoms with Crippen molar-refractivity contribution in [1.82, 2.24) is 5.32 Å². The van der Waals surface area contributed by atoms with Gasteiger partial charge < -0.3 is 16.2 Å². The summed E-state index contributed by atoms with van der Waals surface area (Å²) in [6, 6.07) is 7.65. The minimum Gasteiger partial charge on any atom is -0.399 e. The fraction of sp³-hybridized carbons (Fsp3) is 0.562. The zero-order chi connectivity index (χ0) is 14.5. The number of carbonyl (C=O) groups is 1. The Labute approximate surface area is 120 Å². The SMILES string of the molecule is CC(CC(=O)NCC1CCCC1O)c1ccc(N)cc1. The number of hydrogen-bond donors (Lipinski definition) is 3. The van der Waals surface area contributed by atoms with Gasteiger partial charge >= 0.3 is 0 Å². The molecule has 0 heterocycles. The Morgan fingerprint density at radius 3 is 2.70 bits per heavy atom. The first-order valence-corrected chi connectivity index (χ1v) is 7.36. The number of nitrogens with one attached hydrogen (secondary N) is 1. The lowest BCUT2D eigenvalue weighted by Gasteiger charge is -2.17. The Bertz CT molecular complexity index is 444. The highest BCUT2D eigenvalue weighted by atomic mass is 16.3. The van der Waals surface area contributed by atoms with Crippen molar-refractivity contribution >= 4 is 11.6 Å². The van der Waals surface area contributed by atoms with Crippen LogP contribution in [0.2, 0.25) is 0 Å². The maximum absolute atomic E-state index is 11.9. The van der Waals surface area contributed by atoms with Crippen LogP contribution < -0.4 is 11.1 Å². The lowest BCUT2D eigenvalue weighted by molar-refractivity contribution is -0.121. The van der Waals surface area contributed by atoms with Crippen molar-refractivity contribution in [1.29, 1.82) is 0 Å². The summed E-state index contributed by atoms with van der Waals surface area (Å²) in [4.78, 5) is 11.9. The molecule has 1 aromatic carbocycles. The van der Waals surface area contributed by atoms with Crippen molar-refractivity contribution in [2.45, 2.75) is 44.6 Å². The van der Waals surface area contributed by atoms with Gasteiger partial charge in [0.25, 0.3) is 0 Å². The molecule has 1 fully saturated rings. The van der Waals surface area contributed by atoms with Crippen molar-refractivity contribution in [3.05, 3.63) is 29.8 Å². The Hall–Kier alpha value is -1.55. The van der Waals surface area contributed by atoms with Gasteiger partial charge in [0, 0.05) is 24.6 Å². The van der Waals surface area contributed by atoms with Crippen LogP contribution in [0.4, 0.5) is 5.69 Å². The Morgan fingerprint density at radius 2 is 2.10 bits per heavy atom. The van der Waals surface area contributed by atoms with Crippen molar-refractivity contribution < 1.29 is 9.90 Å². The van der Waals surface area contributed by atoms with E-state index in [1.165, 1.54) is 0 Å². The maximum atomic E-state index is 11.9. The summed E-state index contributed by atoms with van der Waals surface area (Å²) in [7, 11) is 0. The molecule has 1 aromatic rings. The first-order chi connectivity index (χ1) is 9.56. The highest BCUT2D eigenvalue weighted by Crippen LogP contribution is 2.25. The first-order valence-electron chi connectivity index (χ1n) is 7.36. The van der Waals surface area contributed by atoms with Crippen LogP contribution in [0.15, 0.2) is 24.3 Å². The average molecular weight is 276 g/mol. The van der Waals surface area contributed by atoms with E-state index in [1.54, 1.807) is 0 Å². The number of carbonyl (C=O) groups excluding carboxylic acids is 1. The fourth-order valence-electron chi connectivity index (χ4n) is 2.79. The first kappa shape index (κ1) is 14.9. The monoisotopic (exact) mass is 276 g/mol. The largest absolute Gasteiger partial charge is 0.399 e. The molecule has 0 spiro atoms. The molecule has 1 aliphatic carbocycles. The molecule has 0 radical (unpaired) electrons. The Kier molecular flexibility index (Phi) is 5.01. The fourth-order valence-corrected chi connectivity index (χ4v) is 2.79. The van der Waals surface area contributed by atoms with Gasteiger partial charge in [0.05, 0.1) is 6.10 Å². The molecule has 4 nitrogen and oxygen atoms in total. The highest BCUT2D eigenvalue weighted by molar-refractivity contribution is 5.76. The number of hydrogen-bond acceptors (Lipinski definition) is 3. The third kappa shape index (κ3) is 3.97. The summed E-state index contributed by atoms with van der Waals surface area (Å²) in [5, 5.41) is 12.7. The molecule has 4 N–H and O–H groups in total. The molecule has 4 heteroatoms. The number of nitrogen functional groups attached to an aromatic ring is 1. The van der Waals surface area contributed by atoms with Crippen LogP contribution in [-0.4, -0.2) is 23.7 Å². The normalized spacial score (nSPS) is 23.5. The molecular formula is C16H24N2O2. The minimum atomic E-state index is -0.246. The van der Waals surface area contributed by atoms with Crippen LogP contribution in [0.1, 0.15) is 44.1 Å². The van der Waals surface area contributed by atoms with Gasteiger partial charge in [-0.1, -0.05) is 25.5 Å². The zero-order valence-corrected chi connectivity index (χ0v) is 12.0. The van der Waals surface area contributed by atoms with E-state index in [4.69, 9.17) is 5.73 Å². The second kappa shape index (κ2) is 6.75. The van der Waals surface area contributed by atoms with Gasteiger partial charge in [0.1, 0.15) is 0 Å². The number of aliphatic hydroxyl groups is 1. The Morgan fingerprint density at radius 1 is 1.40 bits per heavy atom. The Balaban J connectivity index is 1.77. The average Bonchev–Trinajstić information content (AvgIpc) is 2.82. The van der Waals surface area contributed by atoms with Gasteiger partial charge in [-0.05, 0) is 36.5 Å². The summed E-state index contributed by atoms with van der Waals surface area (Å²) in [6.45, 7) is 2.63. The van der Waals surface area contributed by atoms with E-state index in [2.05, 4.69) is 5.32 Å². The molecule has 3 atom stereocenters. The quantitative estimate of drug-likeness (QED) is 0.720. The molecule has 0 aliphatic heterocycles. The van der Waals surface area contributed by atoms with E-state index in [0.29, 0.717) is 13.0 Å². The molecule has 0 bridgehead atoms. The molecule has 0 saturated heterocycles. The molecule has 1 saturated carbocycles. The van der Waals surface area contributed by atoms with Crippen molar-refractivity contribution in [2.75, 3.05) is 12.3 Å². The molecule has 20 heavy (non-hydrogen) atoms. The highest BCUT2D eigenvalue weighted by Gasteiger charge is 2.25. The summed E-state index contributed by atoms with van der Waals surface area (Å²) in [5.74, 6) is 0.448. The van der Waals surface area contributed by atoms with Crippen LogP contribution >= 0.6 is 0 Å². The number of nitrogens with two attached hydrogens (primary N) is 1. The molecule has 1 amide bonds. The second-order valence-electron chi connectivity index (χ2n) is 5.83. The van der Waals surface area contributed by atoms with E-state index < -0.39 is 0 Å². The maximum Gasteiger partial charge on any atom is 0.220 e.